The van der Waals surface area contributed by atoms with Crippen LogP contribution in [0.3, 0.4) is 0 Å². The molecule has 190 valence electrons. The van der Waals surface area contributed by atoms with Crippen molar-refractivity contribution < 1.29 is 28.2 Å². The molecule has 2 aliphatic rings. The molecule has 3 amide bonds. The standard InChI is InChI=1S/C28H26FN3O5/c1-36-23-4-2-3-19(15-23)26(33)30-21-11-7-18(8-12-21)25-24(27(34)31-22-13-14-22)32(28(35)37-25)16-17-5-9-20(29)10-6-17/h2-12,15,22,24-25H,13-14,16H2,1H3,(H,30,33)(H,31,34). The van der Waals surface area contributed by atoms with Gasteiger partial charge in [-0.3, -0.25) is 14.5 Å². The Morgan fingerprint density at radius 1 is 1.05 bits per heavy atom. The quantitative estimate of drug-likeness (QED) is 0.474. The molecule has 37 heavy (non-hydrogen) atoms. The Labute approximate surface area is 213 Å². The molecule has 1 saturated carbocycles. The second-order valence-corrected chi connectivity index (χ2v) is 9.09. The fourth-order valence-corrected chi connectivity index (χ4v) is 4.23. The topological polar surface area (TPSA) is 97.0 Å². The van der Waals surface area contributed by atoms with Crippen molar-refractivity contribution in [3.63, 3.8) is 0 Å². The number of ether oxygens (including phenoxy) is 2. The number of benzene rings is 3. The minimum absolute atomic E-state index is 0.103. The van der Waals surface area contributed by atoms with Gasteiger partial charge in [-0.15, -0.1) is 0 Å². The van der Waals surface area contributed by atoms with Gasteiger partial charge in [-0.05, 0) is 66.4 Å². The van der Waals surface area contributed by atoms with E-state index in [2.05, 4.69) is 10.6 Å². The predicted molar refractivity (Wildman–Crippen MR) is 134 cm³/mol. The van der Waals surface area contributed by atoms with Crippen molar-refractivity contribution in [1.82, 2.24) is 10.2 Å². The number of cyclic esters (lactones) is 1. The summed E-state index contributed by atoms with van der Waals surface area (Å²) in [5, 5.41) is 5.79. The summed E-state index contributed by atoms with van der Waals surface area (Å²) in [4.78, 5) is 40.0. The van der Waals surface area contributed by atoms with E-state index in [9.17, 15) is 18.8 Å². The van der Waals surface area contributed by atoms with Crippen LogP contribution >= 0.6 is 0 Å². The van der Waals surface area contributed by atoms with Crippen LogP contribution in [0.2, 0.25) is 0 Å². The molecule has 8 nitrogen and oxygen atoms in total. The molecule has 1 aliphatic heterocycles. The zero-order chi connectivity index (χ0) is 25.9. The van der Waals surface area contributed by atoms with Gasteiger partial charge in [-0.2, -0.15) is 0 Å². The number of carbonyl (C=O) groups excluding carboxylic acids is 3. The number of hydrogen-bond acceptors (Lipinski definition) is 5. The number of amides is 3. The monoisotopic (exact) mass is 503 g/mol. The van der Waals surface area contributed by atoms with Crippen molar-refractivity contribution in [3.8, 4) is 5.75 Å². The maximum Gasteiger partial charge on any atom is 0.411 e. The second-order valence-electron chi connectivity index (χ2n) is 9.09. The number of methoxy groups -OCH3 is 1. The van der Waals surface area contributed by atoms with Crippen LogP contribution in [-0.2, 0) is 16.1 Å². The van der Waals surface area contributed by atoms with Crippen molar-refractivity contribution >= 4 is 23.6 Å². The summed E-state index contributed by atoms with van der Waals surface area (Å²) in [5.74, 6) is -0.402. The number of rotatable bonds is 8. The van der Waals surface area contributed by atoms with Crippen LogP contribution in [0.15, 0.2) is 72.8 Å². The Hall–Kier alpha value is -4.40. The summed E-state index contributed by atoms with van der Waals surface area (Å²) in [6.45, 7) is 0.104. The van der Waals surface area contributed by atoms with E-state index in [0.29, 0.717) is 28.1 Å². The fourth-order valence-electron chi connectivity index (χ4n) is 4.23. The Morgan fingerprint density at radius 3 is 2.46 bits per heavy atom. The largest absolute Gasteiger partial charge is 0.497 e. The first kappa shape index (κ1) is 24.3. The van der Waals surface area contributed by atoms with Gasteiger partial charge in [-0.25, -0.2) is 9.18 Å². The Morgan fingerprint density at radius 2 is 1.78 bits per heavy atom. The van der Waals surface area contributed by atoms with E-state index in [1.54, 1.807) is 60.7 Å². The van der Waals surface area contributed by atoms with Crippen LogP contribution in [0.25, 0.3) is 0 Å². The smallest absolute Gasteiger partial charge is 0.411 e. The second kappa shape index (κ2) is 10.3. The third kappa shape index (κ3) is 5.55. The van der Waals surface area contributed by atoms with Crippen molar-refractivity contribution in [2.24, 2.45) is 0 Å². The van der Waals surface area contributed by atoms with E-state index in [4.69, 9.17) is 9.47 Å². The summed E-state index contributed by atoms with van der Waals surface area (Å²) in [7, 11) is 1.53. The van der Waals surface area contributed by atoms with Gasteiger partial charge in [0.2, 0.25) is 5.91 Å². The molecule has 0 bridgehead atoms. The maximum absolute atomic E-state index is 13.4. The van der Waals surface area contributed by atoms with Gasteiger partial charge in [0.25, 0.3) is 5.91 Å². The highest BCUT2D eigenvalue weighted by atomic mass is 19.1. The normalized spacial score (nSPS) is 18.8. The highest BCUT2D eigenvalue weighted by molar-refractivity contribution is 6.04. The molecule has 0 aromatic heterocycles. The van der Waals surface area contributed by atoms with Crippen LogP contribution in [0.5, 0.6) is 5.75 Å². The zero-order valence-electron chi connectivity index (χ0n) is 20.1. The predicted octanol–water partition coefficient (Wildman–Crippen LogP) is 4.43. The maximum atomic E-state index is 13.4. The van der Waals surface area contributed by atoms with Crippen LogP contribution in [0.4, 0.5) is 14.9 Å². The molecule has 1 heterocycles. The summed E-state index contributed by atoms with van der Waals surface area (Å²) < 4.78 is 24.2. The lowest BCUT2D eigenvalue weighted by Crippen LogP contribution is -2.46. The number of nitrogens with zero attached hydrogens (tertiary/aromatic N) is 1. The van der Waals surface area contributed by atoms with Gasteiger partial charge in [0.15, 0.2) is 12.1 Å². The molecule has 5 rings (SSSR count). The average molecular weight is 504 g/mol. The average Bonchev–Trinajstić information content (AvgIpc) is 3.67. The number of anilines is 1. The lowest BCUT2D eigenvalue weighted by atomic mass is 10.00. The van der Waals surface area contributed by atoms with Gasteiger partial charge in [-0.1, -0.05) is 30.3 Å². The molecule has 1 saturated heterocycles. The van der Waals surface area contributed by atoms with Crippen LogP contribution in [0.1, 0.15) is 40.4 Å². The van der Waals surface area contributed by atoms with E-state index < -0.39 is 18.2 Å². The molecule has 3 aromatic rings. The number of nitrogens with one attached hydrogen (secondary N) is 2. The molecule has 9 heteroatoms. The highest BCUT2D eigenvalue weighted by Gasteiger charge is 2.47. The van der Waals surface area contributed by atoms with E-state index in [0.717, 1.165) is 12.8 Å². The van der Waals surface area contributed by atoms with Gasteiger partial charge in [0, 0.05) is 17.3 Å². The van der Waals surface area contributed by atoms with Gasteiger partial charge in [0.1, 0.15) is 11.6 Å². The number of hydrogen-bond donors (Lipinski definition) is 2. The minimum Gasteiger partial charge on any atom is -0.497 e. The third-order valence-corrected chi connectivity index (χ3v) is 6.37. The Balaban J connectivity index is 1.34. The lowest BCUT2D eigenvalue weighted by molar-refractivity contribution is -0.126. The summed E-state index contributed by atoms with van der Waals surface area (Å²) in [5.41, 5.74) is 2.29. The summed E-state index contributed by atoms with van der Waals surface area (Å²) in [6.07, 6.45) is 0.338. The summed E-state index contributed by atoms with van der Waals surface area (Å²) >= 11 is 0. The van der Waals surface area contributed by atoms with Crippen LogP contribution in [-0.4, -0.2) is 42.0 Å². The van der Waals surface area contributed by atoms with E-state index >= 15 is 0 Å². The molecule has 2 N–H and O–H groups in total. The Bertz CT molecular complexity index is 1310. The first-order valence-electron chi connectivity index (χ1n) is 12.0. The van der Waals surface area contributed by atoms with E-state index in [1.807, 2.05) is 0 Å². The van der Waals surface area contributed by atoms with Gasteiger partial charge < -0.3 is 20.1 Å². The molecule has 2 unspecified atom stereocenters. The van der Waals surface area contributed by atoms with Crippen molar-refractivity contribution in [3.05, 3.63) is 95.3 Å². The third-order valence-electron chi connectivity index (χ3n) is 6.37. The van der Waals surface area contributed by atoms with Gasteiger partial charge in [0.05, 0.1) is 13.7 Å². The molecule has 1 aliphatic carbocycles. The Kier molecular flexibility index (Phi) is 6.76. The molecule has 2 atom stereocenters. The molecule has 2 fully saturated rings. The highest BCUT2D eigenvalue weighted by Crippen LogP contribution is 2.35. The van der Waals surface area contributed by atoms with Gasteiger partial charge >= 0.3 is 6.09 Å². The van der Waals surface area contributed by atoms with E-state index in [1.165, 1.54) is 24.1 Å². The zero-order valence-corrected chi connectivity index (χ0v) is 20.1. The fraction of sp³-hybridized carbons (Fsp3) is 0.250. The molecular weight excluding hydrogens is 477 g/mol. The molecule has 0 spiro atoms. The van der Waals surface area contributed by atoms with Crippen LogP contribution in [0, 0.1) is 5.82 Å². The lowest BCUT2D eigenvalue weighted by Gasteiger charge is -2.24. The van der Waals surface area contributed by atoms with Crippen molar-refractivity contribution in [2.75, 3.05) is 12.4 Å². The molecule has 0 radical (unpaired) electrons. The van der Waals surface area contributed by atoms with Crippen molar-refractivity contribution in [2.45, 2.75) is 37.6 Å². The number of carbonyl (C=O) groups is 3. The van der Waals surface area contributed by atoms with Crippen LogP contribution < -0.4 is 15.4 Å². The van der Waals surface area contributed by atoms with Crippen molar-refractivity contribution in [1.29, 1.82) is 0 Å². The minimum atomic E-state index is -0.893. The number of halogens is 1. The molecule has 3 aromatic carbocycles. The summed E-state index contributed by atoms with van der Waals surface area (Å²) in [6, 6.07) is 18.6. The van der Waals surface area contributed by atoms with E-state index in [-0.39, 0.29) is 30.2 Å². The first-order valence-corrected chi connectivity index (χ1v) is 12.0. The molecular formula is C28H26FN3O5. The SMILES string of the molecule is COc1cccc(C(=O)Nc2ccc(C3OC(=O)N(Cc4ccc(F)cc4)C3C(=O)NC3CC3)cc2)c1. The first-order chi connectivity index (χ1) is 17.9.